The van der Waals surface area contributed by atoms with Crippen molar-refractivity contribution in [3.8, 4) is 0 Å². The molecule has 5 nitrogen and oxygen atoms in total. The van der Waals surface area contributed by atoms with Gasteiger partial charge in [-0.15, -0.1) is 0 Å². The summed E-state index contributed by atoms with van der Waals surface area (Å²) in [7, 11) is 0. The molecular formula is C15H17N3O2. The van der Waals surface area contributed by atoms with Gasteiger partial charge in [-0.05, 0) is 11.6 Å². The van der Waals surface area contributed by atoms with Gasteiger partial charge in [0.2, 0.25) is 0 Å². The Hall–Kier alpha value is -2.14. The van der Waals surface area contributed by atoms with Gasteiger partial charge >= 0.3 is 0 Å². The Balaban J connectivity index is 1.68. The monoisotopic (exact) mass is 271 g/mol. The zero-order chi connectivity index (χ0) is 13.8. The predicted octanol–water partition coefficient (Wildman–Crippen LogP) is 1.47. The van der Waals surface area contributed by atoms with Crippen molar-refractivity contribution in [3.63, 3.8) is 0 Å². The third-order valence-corrected chi connectivity index (χ3v) is 3.39. The molecule has 0 unspecified atom stereocenters. The standard InChI is InChI=1S/C15H17N3O2/c19-15(18-6-8-20-9-7-18)14-11-13(16-17-14)10-12-4-2-1-3-5-12/h1-5,11H,6-10H2,(H,16,17). The topological polar surface area (TPSA) is 58.2 Å². The van der Waals surface area contributed by atoms with Gasteiger partial charge in [-0.2, -0.15) is 5.10 Å². The summed E-state index contributed by atoms with van der Waals surface area (Å²) in [6, 6.07) is 12.0. The van der Waals surface area contributed by atoms with E-state index in [9.17, 15) is 4.79 Å². The van der Waals surface area contributed by atoms with Gasteiger partial charge in [0.1, 0.15) is 5.69 Å². The molecule has 0 spiro atoms. The van der Waals surface area contributed by atoms with E-state index in [0.29, 0.717) is 32.0 Å². The zero-order valence-electron chi connectivity index (χ0n) is 11.2. The quantitative estimate of drug-likeness (QED) is 0.919. The van der Waals surface area contributed by atoms with Crippen molar-refractivity contribution in [2.45, 2.75) is 6.42 Å². The fourth-order valence-corrected chi connectivity index (χ4v) is 2.31. The average molecular weight is 271 g/mol. The fraction of sp³-hybridized carbons (Fsp3) is 0.333. The summed E-state index contributed by atoms with van der Waals surface area (Å²) in [6.07, 6.45) is 0.754. The Morgan fingerprint density at radius 3 is 2.75 bits per heavy atom. The second-order valence-corrected chi connectivity index (χ2v) is 4.85. The highest BCUT2D eigenvalue weighted by Gasteiger charge is 2.20. The number of H-pyrrole nitrogens is 1. The summed E-state index contributed by atoms with van der Waals surface area (Å²) in [5.74, 6) is -0.0242. The Morgan fingerprint density at radius 2 is 2.00 bits per heavy atom. The Labute approximate surface area is 117 Å². The molecule has 2 heterocycles. The molecule has 1 aromatic carbocycles. The van der Waals surface area contributed by atoms with E-state index < -0.39 is 0 Å². The van der Waals surface area contributed by atoms with Gasteiger partial charge in [0.25, 0.3) is 5.91 Å². The number of aromatic amines is 1. The van der Waals surface area contributed by atoms with Crippen LogP contribution in [0.1, 0.15) is 21.7 Å². The van der Waals surface area contributed by atoms with Crippen LogP contribution in [-0.4, -0.2) is 47.3 Å². The number of hydrogen-bond acceptors (Lipinski definition) is 3. The number of rotatable bonds is 3. The Bertz CT molecular complexity index is 574. The van der Waals surface area contributed by atoms with E-state index in [1.165, 1.54) is 5.56 Å². The average Bonchev–Trinajstić information content (AvgIpc) is 2.97. The number of aromatic nitrogens is 2. The molecule has 0 bridgehead atoms. The van der Waals surface area contributed by atoms with Gasteiger partial charge in [-0.1, -0.05) is 30.3 Å². The minimum atomic E-state index is -0.0242. The first-order valence-electron chi connectivity index (χ1n) is 6.78. The van der Waals surface area contributed by atoms with Gasteiger partial charge in [0, 0.05) is 25.2 Å². The highest BCUT2D eigenvalue weighted by Crippen LogP contribution is 2.10. The van der Waals surface area contributed by atoms with Crippen molar-refractivity contribution < 1.29 is 9.53 Å². The molecule has 20 heavy (non-hydrogen) atoms. The van der Waals surface area contributed by atoms with Gasteiger partial charge < -0.3 is 9.64 Å². The fourth-order valence-electron chi connectivity index (χ4n) is 2.31. The van der Waals surface area contributed by atoms with Crippen molar-refractivity contribution in [3.05, 3.63) is 53.3 Å². The number of carbonyl (C=O) groups is 1. The van der Waals surface area contributed by atoms with Gasteiger partial charge in [-0.3, -0.25) is 9.89 Å². The number of benzene rings is 1. The van der Waals surface area contributed by atoms with Crippen LogP contribution in [-0.2, 0) is 11.2 Å². The zero-order valence-corrected chi connectivity index (χ0v) is 11.2. The van der Waals surface area contributed by atoms with Crippen LogP contribution in [0.2, 0.25) is 0 Å². The number of nitrogens with one attached hydrogen (secondary N) is 1. The number of amides is 1. The van der Waals surface area contributed by atoms with Crippen molar-refractivity contribution in [2.75, 3.05) is 26.3 Å². The molecule has 1 fully saturated rings. The van der Waals surface area contributed by atoms with E-state index in [4.69, 9.17) is 4.74 Å². The van der Waals surface area contributed by atoms with Crippen LogP contribution < -0.4 is 0 Å². The molecule has 1 amide bonds. The first kappa shape index (κ1) is 12.9. The van der Waals surface area contributed by atoms with E-state index in [2.05, 4.69) is 22.3 Å². The molecule has 0 atom stereocenters. The van der Waals surface area contributed by atoms with Gasteiger partial charge in [-0.25, -0.2) is 0 Å². The van der Waals surface area contributed by atoms with E-state index in [1.807, 2.05) is 24.3 Å². The van der Waals surface area contributed by atoms with Crippen molar-refractivity contribution in [1.29, 1.82) is 0 Å². The molecule has 3 rings (SSSR count). The summed E-state index contributed by atoms with van der Waals surface area (Å²) in [4.78, 5) is 14.0. The number of ether oxygens (including phenoxy) is 1. The van der Waals surface area contributed by atoms with Crippen LogP contribution in [0.3, 0.4) is 0 Å². The molecule has 0 aliphatic carbocycles. The van der Waals surface area contributed by atoms with Crippen LogP contribution in [0.25, 0.3) is 0 Å². The molecule has 0 radical (unpaired) electrons. The lowest BCUT2D eigenvalue weighted by atomic mass is 10.1. The largest absolute Gasteiger partial charge is 0.378 e. The van der Waals surface area contributed by atoms with Gasteiger partial charge in [0.15, 0.2) is 0 Å². The van der Waals surface area contributed by atoms with E-state index in [0.717, 1.165) is 12.1 Å². The molecule has 5 heteroatoms. The van der Waals surface area contributed by atoms with Crippen LogP contribution >= 0.6 is 0 Å². The second kappa shape index (κ2) is 5.88. The molecule has 1 aromatic heterocycles. The first-order valence-corrected chi connectivity index (χ1v) is 6.78. The SMILES string of the molecule is O=C(c1cc(Cc2ccccc2)[nH]n1)N1CCOCC1. The molecule has 1 N–H and O–H groups in total. The third-order valence-electron chi connectivity index (χ3n) is 3.39. The molecule has 0 saturated carbocycles. The highest BCUT2D eigenvalue weighted by molar-refractivity contribution is 5.92. The summed E-state index contributed by atoms with van der Waals surface area (Å²) < 4.78 is 5.25. The summed E-state index contributed by atoms with van der Waals surface area (Å²) in [6.45, 7) is 2.49. The van der Waals surface area contributed by atoms with E-state index >= 15 is 0 Å². The molecule has 1 aliphatic heterocycles. The van der Waals surface area contributed by atoms with Crippen LogP contribution in [0.15, 0.2) is 36.4 Å². The lowest BCUT2D eigenvalue weighted by Crippen LogP contribution is -2.40. The number of hydrogen-bond donors (Lipinski definition) is 1. The maximum atomic E-state index is 12.3. The van der Waals surface area contributed by atoms with E-state index in [1.54, 1.807) is 4.90 Å². The van der Waals surface area contributed by atoms with Crippen molar-refractivity contribution in [2.24, 2.45) is 0 Å². The summed E-state index contributed by atoms with van der Waals surface area (Å²) in [5, 5.41) is 7.08. The molecule has 104 valence electrons. The third kappa shape index (κ3) is 2.88. The van der Waals surface area contributed by atoms with Gasteiger partial charge in [0.05, 0.1) is 13.2 Å². The van der Waals surface area contributed by atoms with Crippen molar-refractivity contribution in [1.82, 2.24) is 15.1 Å². The maximum Gasteiger partial charge on any atom is 0.274 e. The summed E-state index contributed by atoms with van der Waals surface area (Å²) >= 11 is 0. The normalized spacial score (nSPS) is 15.3. The maximum absolute atomic E-state index is 12.3. The number of carbonyl (C=O) groups excluding carboxylic acids is 1. The molecular weight excluding hydrogens is 254 g/mol. The highest BCUT2D eigenvalue weighted by atomic mass is 16.5. The molecule has 1 aliphatic rings. The molecule has 2 aromatic rings. The van der Waals surface area contributed by atoms with Crippen LogP contribution in [0.5, 0.6) is 0 Å². The van der Waals surface area contributed by atoms with Crippen LogP contribution in [0.4, 0.5) is 0 Å². The predicted molar refractivity (Wildman–Crippen MR) is 74.6 cm³/mol. The number of morpholine rings is 1. The summed E-state index contributed by atoms with van der Waals surface area (Å²) in [5.41, 5.74) is 2.63. The second-order valence-electron chi connectivity index (χ2n) is 4.85. The Kier molecular flexibility index (Phi) is 3.78. The van der Waals surface area contributed by atoms with E-state index in [-0.39, 0.29) is 5.91 Å². The number of nitrogens with zero attached hydrogens (tertiary/aromatic N) is 2. The Morgan fingerprint density at radius 1 is 1.25 bits per heavy atom. The minimum Gasteiger partial charge on any atom is -0.378 e. The molecule has 1 saturated heterocycles. The smallest absolute Gasteiger partial charge is 0.274 e. The minimum absolute atomic E-state index is 0.0242. The first-order chi connectivity index (χ1) is 9.83. The van der Waals surface area contributed by atoms with Crippen molar-refractivity contribution >= 4 is 5.91 Å². The lowest BCUT2D eigenvalue weighted by Gasteiger charge is -2.25. The van der Waals surface area contributed by atoms with Crippen LogP contribution in [0, 0.1) is 0 Å². The lowest BCUT2D eigenvalue weighted by molar-refractivity contribution is 0.0299.